The van der Waals surface area contributed by atoms with Crippen LogP contribution in [-0.2, 0) is 9.59 Å². The summed E-state index contributed by atoms with van der Waals surface area (Å²) in [5, 5.41) is 15.3. The van der Waals surface area contributed by atoms with Gasteiger partial charge in [-0.25, -0.2) is 4.79 Å². The number of carbonyl (C=O) groups is 3. The lowest BCUT2D eigenvalue weighted by molar-refractivity contribution is -0.121. The van der Waals surface area contributed by atoms with Crippen LogP contribution < -0.4 is 10.6 Å². The van der Waals surface area contributed by atoms with E-state index in [0.29, 0.717) is 25.1 Å². The molecular formula is C17H20N2O4S. The van der Waals surface area contributed by atoms with E-state index < -0.39 is 5.97 Å². The van der Waals surface area contributed by atoms with Crippen molar-refractivity contribution in [3.63, 3.8) is 0 Å². The first kappa shape index (κ1) is 17.9. The van der Waals surface area contributed by atoms with Crippen LogP contribution in [0.15, 0.2) is 24.3 Å². The highest BCUT2D eigenvalue weighted by molar-refractivity contribution is 7.20. The monoisotopic (exact) mass is 348 g/mol. The largest absolute Gasteiger partial charge is 0.477 e. The highest BCUT2D eigenvalue weighted by Gasteiger charge is 2.10. The molecule has 1 aromatic heterocycles. The molecule has 24 heavy (non-hydrogen) atoms. The molecule has 0 aliphatic rings. The summed E-state index contributed by atoms with van der Waals surface area (Å²) >= 11 is 1.20. The predicted octanol–water partition coefficient (Wildman–Crippen LogP) is 3.23. The van der Waals surface area contributed by atoms with E-state index in [4.69, 9.17) is 5.11 Å². The van der Waals surface area contributed by atoms with Crippen molar-refractivity contribution >= 4 is 44.9 Å². The fraction of sp³-hybridized carbons (Fsp3) is 0.353. The van der Waals surface area contributed by atoms with Gasteiger partial charge in [-0.15, -0.1) is 11.3 Å². The lowest BCUT2D eigenvalue weighted by Crippen LogP contribution is -2.24. The molecule has 128 valence electrons. The molecule has 1 aromatic carbocycles. The fourth-order valence-electron chi connectivity index (χ4n) is 2.21. The first-order valence-electron chi connectivity index (χ1n) is 7.83. The second-order valence-electron chi connectivity index (χ2n) is 5.42. The zero-order chi connectivity index (χ0) is 17.5. The van der Waals surface area contributed by atoms with Gasteiger partial charge in [0.15, 0.2) is 0 Å². The average molecular weight is 348 g/mol. The smallest absolute Gasteiger partial charge is 0.345 e. The number of nitrogens with one attached hydrogen (secondary N) is 2. The van der Waals surface area contributed by atoms with Gasteiger partial charge in [-0.1, -0.05) is 6.92 Å². The Balaban J connectivity index is 1.86. The van der Waals surface area contributed by atoms with E-state index in [1.54, 1.807) is 24.3 Å². The van der Waals surface area contributed by atoms with Crippen LogP contribution in [0.25, 0.3) is 10.1 Å². The molecule has 0 saturated heterocycles. The van der Waals surface area contributed by atoms with Gasteiger partial charge >= 0.3 is 5.97 Å². The first-order chi connectivity index (χ1) is 11.5. The number of hydrogen-bond acceptors (Lipinski definition) is 4. The molecule has 0 unspecified atom stereocenters. The van der Waals surface area contributed by atoms with Gasteiger partial charge in [0, 0.05) is 29.8 Å². The highest BCUT2D eigenvalue weighted by atomic mass is 32.1. The summed E-state index contributed by atoms with van der Waals surface area (Å²) in [5.74, 6) is -1.15. The molecule has 1 heterocycles. The Hall–Kier alpha value is -2.41. The molecule has 0 aliphatic carbocycles. The molecule has 0 radical (unpaired) electrons. The number of benzene rings is 1. The summed E-state index contributed by atoms with van der Waals surface area (Å²) in [7, 11) is 0. The van der Waals surface area contributed by atoms with Gasteiger partial charge in [-0.2, -0.15) is 0 Å². The second kappa shape index (κ2) is 8.44. The van der Waals surface area contributed by atoms with Crippen molar-refractivity contribution in [2.45, 2.75) is 32.6 Å². The second-order valence-corrected chi connectivity index (χ2v) is 6.50. The molecule has 0 saturated carbocycles. The van der Waals surface area contributed by atoms with E-state index in [0.717, 1.165) is 16.5 Å². The Labute approximate surface area is 143 Å². The molecule has 3 N–H and O–H groups in total. The molecule has 7 heteroatoms. The maximum Gasteiger partial charge on any atom is 0.345 e. The minimum atomic E-state index is -0.955. The van der Waals surface area contributed by atoms with E-state index in [1.807, 2.05) is 6.92 Å². The number of carbonyl (C=O) groups excluding carboxylic acids is 2. The van der Waals surface area contributed by atoms with Gasteiger partial charge in [0.1, 0.15) is 4.88 Å². The Morgan fingerprint density at radius 1 is 1.12 bits per heavy atom. The zero-order valence-electron chi connectivity index (χ0n) is 13.4. The van der Waals surface area contributed by atoms with Gasteiger partial charge in [0.05, 0.1) is 0 Å². The summed E-state index contributed by atoms with van der Waals surface area (Å²) in [6.45, 7) is 2.64. The third kappa shape index (κ3) is 5.06. The van der Waals surface area contributed by atoms with E-state index in [2.05, 4.69) is 10.6 Å². The predicted molar refractivity (Wildman–Crippen MR) is 94.6 cm³/mol. The number of carboxylic acids is 1. The molecule has 0 aliphatic heterocycles. The van der Waals surface area contributed by atoms with E-state index in [1.165, 1.54) is 11.3 Å². The van der Waals surface area contributed by atoms with Crippen LogP contribution in [-0.4, -0.2) is 29.4 Å². The Morgan fingerprint density at radius 3 is 2.58 bits per heavy atom. The number of anilines is 1. The molecule has 2 aromatic rings. The minimum absolute atomic E-state index is 0.0365. The number of amides is 2. The van der Waals surface area contributed by atoms with Crippen LogP contribution in [0.5, 0.6) is 0 Å². The van der Waals surface area contributed by atoms with Crippen LogP contribution >= 0.6 is 11.3 Å². The molecule has 0 fully saturated rings. The molecule has 2 amide bonds. The van der Waals surface area contributed by atoms with Crippen LogP contribution in [0.4, 0.5) is 5.69 Å². The van der Waals surface area contributed by atoms with Crippen LogP contribution in [0.1, 0.15) is 42.3 Å². The Bertz CT molecular complexity index is 754. The molecule has 0 atom stereocenters. The number of fused-ring (bicyclic) bond motifs is 1. The van der Waals surface area contributed by atoms with Crippen molar-refractivity contribution in [3.05, 3.63) is 29.1 Å². The lowest BCUT2D eigenvalue weighted by atomic mass is 10.2. The average Bonchev–Trinajstić information content (AvgIpc) is 2.96. The lowest BCUT2D eigenvalue weighted by Gasteiger charge is -2.06. The first-order valence-corrected chi connectivity index (χ1v) is 8.64. The normalized spacial score (nSPS) is 10.5. The number of hydrogen-bond donors (Lipinski definition) is 3. The number of rotatable bonds is 8. The van der Waals surface area contributed by atoms with Crippen molar-refractivity contribution < 1.29 is 19.5 Å². The quantitative estimate of drug-likeness (QED) is 0.682. The number of aromatic carboxylic acids is 1. The number of carboxylic acid groups (broad SMARTS) is 1. The summed E-state index contributed by atoms with van der Waals surface area (Å²) in [4.78, 5) is 34.6. The third-order valence-corrected chi connectivity index (χ3v) is 4.49. The number of thiophene rings is 1. The maximum atomic E-state index is 11.9. The summed E-state index contributed by atoms with van der Waals surface area (Å²) in [5.41, 5.74) is 0.623. The highest BCUT2D eigenvalue weighted by Crippen LogP contribution is 2.28. The molecular weight excluding hydrogens is 328 g/mol. The van der Waals surface area contributed by atoms with Gasteiger partial charge in [0.25, 0.3) is 0 Å². The van der Waals surface area contributed by atoms with Crippen LogP contribution in [0.3, 0.4) is 0 Å². The summed E-state index contributed by atoms with van der Waals surface area (Å²) in [6.07, 6.45) is 1.98. The van der Waals surface area contributed by atoms with Gasteiger partial charge < -0.3 is 15.7 Å². The molecule has 6 nitrogen and oxygen atoms in total. The van der Waals surface area contributed by atoms with Crippen molar-refractivity contribution in [3.8, 4) is 0 Å². The molecule has 0 bridgehead atoms. The summed E-state index contributed by atoms with van der Waals surface area (Å²) < 4.78 is 0.859. The van der Waals surface area contributed by atoms with Gasteiger partial charge in [-0.05, 0) is 42.5 Å². The maximum absolute atomic E-state index is 11.9. The van der Waals surface area contributed by atoms with Gasteiger partial charge in [0.2, 0.25) is 11.8 Å². The van der Waals surface area contributed by atoms with Crippen LogP contribution in [0, 0.1) is 0 Å². The van der Waals surface area contributed by atoms with Crippen molar-refractivity contribution in [1.82, 2.24) is 5.32 Å². The van der Waals surface area contributed by atoms with Gasteiger partial charge in [-0.3, -0.25) is 9.59 Å². The van der Waals surface area contributed by atoms with E-state index in [9.17, 15) is 14.4 Å². The molecule has 0 spiro atoms. The fourth-order valence-corrected chi connectivity index (χ4v) is 3.09. The van der Waals surface area contributed by atoms with Crippen LogP contribution in [0.2, 0.25) is 0 Å². The molecule has 2 rings (SSSR count). The topological polar surface area (TPSA) is 95.5 Å². The Kier molecular flexibility index (Phi) is 6.31. The minimum Gasteiger partial charge on any atom is -0.477 e. The Morgan fingerprint density at radius 2 is 1.88 bits per heavy atom. The summed E-state index contributed by atoms with van der Waals surface area (Å²) in [6, 6.07) is 6.89. The van der Waals surface area contributed by atoms with Crippen molar-refractivity contribution in [2.24, 2.45) is 0 Å². The van der Waals surface area contributed by atoms with Crippen molar-refractivity contribution in [1.29, 1.82) is 0 Å². The SMILES string of the molecule is CCCNC(=O)CCCC(=O)Nc1ccc2sc(C(=O)O)cc2c1. The van der Waals surface area contributed by atoms with E-state index >= 15 is 0 Å². The third-order valence-electron chi connectivity index (χ3n) is 3.39. The van der Waals surface area contributed by atoms with E-state index in [-0.39, 0.29) is 23.1 Å². The standard InChI is InChI=1S/C17H20N2O4S/c1-2-8-18-15(20)4-3-5-16(21)19-12-6-7-13-11(9-12)10-14(24-13)17(22)23/h6-7,9-10H,2-5,8H2,1H3,(H,18,20)(H,19,21)(H,22,23). The van der Waals surface area contributed by atoms with Crippen molar-refractivity contribution in [2.75, 3.05) is 11.9 Å². The zero-order valence-corrected chi connectivity index (χ0v) is 14.2.